The minimum Gasteiger partial charge on any atom is -0.478 e. The van der Waals surface area contributed by atoms with Crippen LogP contribution in [0.3, 0.4) is 0 Å². The summed E-state index contributed by atoms with van der Waals surface area (Å²) in [6.07, 6.45) is 0. The second kappa shape index (κ2) is 6.32. The zero-order valence-corrected chi connectivity index (χ0v) is 9.87. The minimum absolute atomic E-state index is 0.155. The van der Waals surface area contributed by atoms with Crippen molar-refractivity contribution in [3.8, 4) is 0 Å². The van der Waals surface area contributed by atoms with Crippen LogP contribution in [0.15, 0.2) is 18.2 Å². The zero-order chi connectivity index (χ0) is 12.8. The molecule has 0 fully saturated rings. The van der Waals surface area contributed by atoms with E-state index in [1.165, 1.54) is 12.1 Å². The fourth-order valence-corrected chi connectivity index (χ4v) is 1.44. The zero-order valence-electron chi connectivity index (χ0n) is 9.87. The summed E-state index contributed by atoms with van der Waals surface area (Å²) < 4.78 is 18.3. The topological polar surface area (TPSA) is 58.6 Å². The molecule has 1 rings (SSSR count). The number of halogens is 1. The molecule has 0 saturated heterocycles. The van der Waals surface area contributed by atoms with Gasteiger partial charge in [0.05, 0.1) is 12.2 Å². The number of methoxy groups -OCH3 is 1. The fourth-order valence-electron chi connectivity index (χ4n) is 1.44. The van der Waals surface area contributed by atoms with Crippen LogP contribution >= 0.6 is 0 Å². The van der Waals surface area contributed by atoms with E-state index in [9.17, 15) is 9.18 Å². The number of hydrogen-bond acceptors (Lipinski definition) is 3. The van der Waals surface area contributed by atoms with E-state index in [4.69, 9.17) is 9.84 Å². The van der Waals surface area contributed by atoms with Crippen LogP contribution in [0.5, 0.6) is 0 Å². The van der Waals surface area contributed by atoms with Crippen LogP contribution in [0.1, 0.15) is 22.8 Å². The van der Waals surface area contributed by atoms with Gasteiger partial charge in [0.15, 0.2) is 0 Å². The Kier molecular flexibility index (Phi) is 5.06. The van der Waals surface area contributed by atoms with Crippen molar-refractivity contribution in [2.24, 2.45) is 0 Å². The summed E-state index contributed by atoms with van der Waals surface area (Å²) in [5.74, 6) is -1.97. The van der Waals surface area contributed by atoms with Crippen molar-refractivity contribution in [2.45, 2.75) is 19.5 Å². The fraction of sp³-hybridized carbons (Fsp3) is 0.417. The van der Waals surface area contributed by atoms with Gasteiger partial charge in [0.1, 0.15) is 5.82 Å². The predicted molar refractivity (Wildman–Crippen MR) is 61.5 cm³/mol. The largest absolute Gasteiger partial charge is 0.478 e. The third-order valence-corrected chi connectivity index (χ3v) is 2.34. The van der Waals surface area contributed by atoms with Crippen LogP contribution < -0.4 is 5.32 Å². The van der Waals surface area contributed by atoms with E-state index in [0.29, 0.717) is 18.7 Å². The first-order chi connectivity index (χ1) is 8.04. The Morgan fingerprint density at radius 2 is 2.29 bits per heavy atom. The summed E-state index contributed by atoms with van der Waals surface area (Å²) in [6.45, 7) is 2.99. The molecule has 5 heteroatoms. The van der Waals surface area contributed by atoms with E-state index in [1.807, 2.05) is 6.92 Å². The summed E-state index contributed by atoms with van der Waals surface area (Å²) in [6, 6.07) is 4.26. The molecule has 0 radical (unpaired) electrons. The summed E-state index contributed by atoms with van der Waals surface area (Å²) >= 11 is 0. The van der Waals surface area contributed by atoms with Gasteiger partial charge in [0.2, 0.25) is 0 Å². The van der Waals surface area contributed by atoms with Crippen LogP contribution in [-0.2, 0) is 11.3 Å². The number of rotatable bonds is 6. The molecule has 94 valence electrons. The lowest BCUT2D eigenvalue weighted by molar-refractivity contribution is 0.0692. The Bertz CT molecular complexity index is 395. The first kappa shape index (κ1) is 13.6. The molecular formula is C12H16FNO3. The Labute approximate surface area is 99.4 Å². The van der Waals surface area contributed by atoms with Gasteiger partial charge < -0.3 is 15.2 Å². The van der Waals surface area contributed by atoms with E-state index in [-0.39, 0.29) is 11.6 Å². The van der Waals surface area contributed by atoms with E-state index in [1.54, 1.807) is 13.2 Å². The molecular weight excluding hydrogens is 225 g/mol. The standard InChI is InChI=1S/C12H16FNO3/c1-8(7-17-2)14-6-9-3-4-10(12(15)16)11(13)5-9/h3-5,8,14H,6-7H2,1-2H3,(H,15,16). The van der Waals surface area contributed by atoms with Crippen LogP contribution in [0, 0.1) is 5.82 Å². The van der Waals surface area contributed by atoms with Crippen molar-refractivity contribution >= 4 is 5.97 Å². The van der Waals surface area contributed by atoms with Crippen molar-refractivity contribution < 1.29 is 19.0 Å². The number of nitrogens with one attached hydrogen (secondary N) is 1. The lowest BCUT2D eigenvalue weighted by Gasteiger charge is -2.12. The quantitative estimate of drug-likeness (QED) is 0.795. The van der Waals surface area contributed by atoms with E-state index in [2.05, 4.69) is 5.32 Å². The monoisotopic (exact) mass is 241 g/mol. The molecule has 1 aromatic rings. The molecule has 0 saturated carbocycles. The Morgan fingerprint density at radius 3 is 2.82 bits per heavy atom. The summed E-state index contributed by atoms with van der Waals surface area (Å²) in [5, 5.41) is 11.8. The van der Waals surface area contributed by atoms with E-state index >= 15 is 0 Å². The van der Waals surface area contributed by atoms with Gasteiger partial charge in [-0.1, -0.05) is 6.07 Å². The van der Waals surface area contributed by atoms with Crippen LogP contribution in [-0.4, -0.2) is 30.8 Å². The van der Waals surface area contributed by atoms with Gasteiger partial charge in [-0.25, -0.2) is 9.18 Å². The lowest BCUT2D eigenvalue weighted by Crippen LogP contribution is -2.29. The van der Waals surface area contributed by atoms with Gasteiger partial charge in [-0.15, -0.1) is 0 Å². The molecule has 0 aromatic heterocycles. The molecule has 0 aliphatic rings. The number of aromatic carboxylic acids is 1. The molecule has 2 N–H and O–H groups in total. The highest BCUT2D eigenvalue weighted by Gasteiger charge is 2.10. The van der Waals surface area contributed by atoms with Crippen molar-refractivity contribution in [1.82, 2.24) is 5.32 Å². The number of carbonyl (C=O) groups is 1. The maximum absolute atomic E-state index is 13.3. The van der Waals surface area contributed by atoms with Gasteiger partial charge in [-0.2, -0.15) is 0 Å². The highest BCUT2D eigenvalue weighted by molar-refractivity contribution is 5.87. The molecule has 4 nitrogen and oxygen atoms in total. The molecule has 1 unspecified atom stereocenters. The molecule has 1 atom stereocenters. The second-order valence-electron chi connectivity index (χ2n) is 3.86. The van der Waals surface area contributed by atoms with Crippen LogP contribution in [0.25, 0.3) is 0 Å². The third kappa shape index (κ3) is 4.13. The number of ether oxygens (including phenoxy) is 1. The maximum Gasteiger partial charge on any atom is 0.338 e. The Morgan fingerprint density at radius 1 is 1.59 bits per heavy atom. The average molecular weight is 241 g/mol. The Hall–Kier alpha value is -1.46. The van der Waals surface area contributed by atoms with Crippen molar-refractivity contribution in [1.29, 1.82) is 0 Å². The van der Waals surface area contributed by atoms with Gasteiger partial charge >= 0.3 is 5.97 Å². The third-order valence-electron chi connectivity index (χ3n) is 2.34. The molecule has 17 heavy (non-hydrogen) atoms. The summed E-state index contributed by atoms with van der Waals surface area (Å²) in [7, 11) is 1.61. The molecule has 0 bridgehead atoms. The Balaban J connectivity index is 2.62. The summed E-state index contributed by atoms with van der Waals surface area (Å²) in [5.41, 5.74) is 0.397. The summed E-state index contributed by atoms with van der Waals surface area (Å²) in [4.78, 5) is 10.6. The number of carboxylic acid groups (broad SMARTS) is 1. The first-order valence-electron chi connectivity index (χ1n) is 5.28. The van der Waals surface area contributed by atoms with Gasteiger partial charge in [0.25, 0.3) is 0 Å². The lowest BCUT2D eigenvalue weighted by atomic mass is 10.1. The van der Waals surface area contributed by atoms with Gasteiger partial charge in [0, 0.05) is 19.7 Å². The second-order valence-corrected chi connectivity index (χ2v) is 3.86. The molecule has 0 heterocycles. The van der Waals surface area contributed by atoms with Crippen molar-refractivity contribution in [3.05, 3.63) is 35.1 Å². The molecule has 0 amide bonds. The predicted octanol–water partition coefficient (Wildman–Crippen LogP) is 1.65. The maximum atomic E-state index is 13.3. The number of carboxylic acids is 1. The van der Waals surface area contributed by atoms with Crippen molar-refractivity contribution in [2.75, 3.05) is 13.7 Å². The highest BCUT2D eigenvalue weighted by Crippen LogP contribution is 2.10. The SMILES string of the molecule is COCC(C)NCc1ccc(C(=O)O)c(F)c1. The first-order valence-corrected chi connectivity index (χ1v) is 5.28. The molecule has 0 aliphatic heterocycles. The number of hydrogen-bond donors (Lipinski definition) is 2. The average Bonchev–Trinajstić information content (AvgIpc) is 2.26. The van der Waals surface area contributed by atoms with E-state index < -0.39 is 11.8 Å². The van der Waals surface area contributed by atoms with Crippen LogP contribution in [0.2, 0.25) is 0 Å². The van der Waals surface area contributed by atoms with Gasteiger partial charge in [-0.05, 0) is 24.6 Å². The van der Waals surface area contributed by atoms with E-state index in [0.717, 1.165) is 0 Å². The van der Waals surface area contributed by atoms with Crippen LogP contribution in [0.4, 0.5) is 4.39 Å². The van der Waals surface area contributed by atoms with Crippen molar-refractivity contribution in [3.63, 3.8) is 0 Å². The smallest absolute Gasteiger partial charge is 0.338 e. The number of benzene rings is 1. The molecule has 0 aliphatic carbocycles. The minimum atomic E-state index is -1.25. The highest BCUT2D eigenvalue weighted by atomic mass is 19.1. The molecule has 1 aromatic carbocycles. The molecule has 0 spiro atoms. The normalized spacial score (nSPS) is 12.4. The van der Waals surface area contributed by atoms with Gasteiger partial charge in [-0.3, -0.25) is 0 Å².